The number of hydrogen-bond donors (Lipinski definition) is 2. The van der Waals surface area contributed by atoms with Crippen molar-refractivity contribution >= 4 is 17.3 Å². The van der Waals surface area contributed by atoms with E-state index in [1.54, 1.807) is 18.2 Å². The van der Waals surface area contributed by atoms with Gasteiger partial charge in [-0.1, -0.05) is 29.8 Å². The number of ether oxygens (including phenoxy) is 1. The lowest BCUT2D eigenvalue weighted by Crippen LogP contribution is -1.95. The van der Waals surface area contributed by atoms with Crippen molar-refractivity contribution in [3.05, 3.63) is 47.1 Å². The molecule has 1 heterocycles. The minimum atomic E-state index is -0.105. The maximum atomic E-state index is 9.15. The molecule has 2 rings (SSSR count). The van der Waals surface area contributed by atoms with Gasteiger partial charge in [-0.05, 0) is 12.1 Å². The monoisotopic (exact) mass is 250 g/mol. The van der Waals surface area contributed by atoms with Crippen molar-refractivity contribution in [1.29, 1.82) is 0 Å². The maximum absolute atomic E-state index is 9.15. The number of rotatable bonds is 3. The number of halogens is 1. The number of aromatic nitrogens is 1. The van der Waals surface area contributed by atoms with E-state index < -0.39 is 0 Å². The number of hydrogen-bond acceptors (Lipinski definition) is 4. The number of aliphatic hydroxyl groups excluding tert-OH is 1. The van der Waals surface area contributed by atoms with Crippen LogP contribution in [0.15, 0.2) is 36.4 Å². The Balaban J connectivity index is 2.31. The van der Waals surface area contributed by atoms with E-state index in [1.165, 1.54) is 6.07 Å². The second-order valence-corrected chi connectivity index (χ2v) is 3.82. The summed E-state index contributed by atoms with van der Waals surface area (Å²) < 4.78 is 5.53. The molecule has 0 aliphatic carbocycles. The highest BCUT2D eigenvalue weighted by molar-refractivity contribution is 6.29. The molecular weight excluding hydrogens is 240 g/mol. The van der Waals surface area contributed by atoms with Gasteiger partial charge in [0, 0.05) is 17.3 Å². The summed E-state index contributed by atoms with van der Waals surface area (Å²) in [5.74, 6) is 0.833. The summed E-state index contributed by atoms with van der Waals surface area (Å²) in [7, 11) is 0. The topological polar surface area (TPSA) is 68.4 Å². The molecule has 4 nitrogen and oxygen atoms in total. The zero-order chi connectivity index (χ0) is 12.3. The number of aliphatic hydroxyl groups is 1. The molecule has 0 aliphatic heterocycles. The Bertz CT molecular complexity index is 511. The third-order valence-corrected chi connectivity index (χ3v) is 2.34. The van der Waals surface area contributed by atoms with Crippen LogP contribution in [-0.2, 0) is 6.61 Å². The van der Waals surface area contributed by atoms with Gasteiger partial charge < -0.3 is 15.6 Å². The van der Waals surface area contributed by atoms with Crippen LogP contribution < -0.4 is 10.5 Å². The number of nitrogen functional groups attached to an aromatic ring is 1. The molecule has 17 heavy (non-hydrogen) atoms. The zero-order valence-corrected chi connectivity index (χ0v) is 9.69. The molecule has 0 spiro atoms. The second kappa shape index (κ2) is 5.03. The van der Waals surface area contributed by atoms with Gasteiger partial charge in [0.05, 0.1) is 6.61 Å². The number of nitrogens with zero attached hydrogens (tertiary/aromatic N) is 1. The second-order valence-electron chi connectivity index (χ2n) is 3.43. The zero-order valence-electron chi connectivity index (χ0n) is 8.93. The van der Waals surface area contributed by atoms with Gasteiger partial charge in [-0.25, -0.2) is 4.98 Å². The standard InChI is InChI=1S/C12H11ClN2O2/c13-11-5-9(14)6-12(15-11)17-10-4-2-1-3-8(10)7-16/h1-6,16H,7H2,(H2,14,15). The van der Waals surface area contributed by atoms with E-state index >= 15 is 0 Å². The highest BCUT2D eigenvalue weighted by Gasteiger charge is 2.05. The lowest BCUT2D eigenvalue weighted by atomic mass is 10.2. The smallest absolute Gasteiger partial charge is 0.222 e. The lowest BCUT2D eigenvalue weighted by molar-refractivity contribution is 0.276. The average Bonchev–Trinajstić information content (AvgIpc) is 2.28. The van der Waals surface area contributed by atoms with Crippen molar-refractivity contribution in [1.82, 2.24) is 4.98 Å². The Morgan fingerprint density at radius 1 is 1.29 bits per heavy atom. The van der Waals surface area contributed by atoms with Crippen molar-refractivity contribution in [2.75, 3.05) is 5.73 Å². The number of nitrogens with two attached hydrogens (primary N) is 1. The van der Waals surface area contributed by atoms with E-state index in [-0.39, 0.29) is 11.8 Å². The Kier molecular flexibility index (Phi) is 3.46. The Labute approximate surface area is 104 Å². The molecule has 3 N–H and O–H groups in total. The van der Waals surface area contributed by atoms with Gasteiger partial charge in [0.15, 0.2) is 0 Å². The van der Waals surface area contributed by atoms with Crippen molar-refractivity contribution in [3.8, 4) is 11.6 Å². The minimum absolute atomic E-state index is 0.105. The fraction of sp³-hybridized carbons (Fsp3) is 0.0833. The summed E-state index contributed by atoms with van der Waals surface area (Å²) in [5, 5.41) is 9.42. The number of anilines is 1. The molecule has 0 atom stereocenters. The summed E-state index contributed by atoms with van der Waals surface area (Å²) in [6.07, 6.45) is 0. The predicted octanol–water partition coefficient (Wildman–Crippen LogP) is 2.60. The molecule has 0 unspecified atom stereocenters. The SMILES string of the molecule is Nc1cc(Cl)nc(Oc2ccccc2CO)c1. The first kappa shape index (κ1) is 11.7. The molecule has 0 radical (unpaired) electrons. The van der Waals surface area contributed by atoms with E-state index in [0.717, 1.165) is 0 Å². The summed E-state index contributed by atoms with van der Waals surface area (Å²) in [5.41, 5.74) is 6.78. The first-order valence-corrected chi connectivity index (χ1v) is 5.36. The van der Waals surface area contributed by atoms with E-state index in [1.807, 2.05) is 12.1 Å². The lowest BCUT2D eigenvalue weighted by Gasteiger charge is -2.09. The molecule has 1 aromatic heterocycles. The fourth-order valence-corrected chi connectivity index (χ4v) is 1.60. The third-order valence-electron chi connectivity index (χ3n) is 2.15. The predicted molar refractivity (Wildman–Crippen MR) is 66.1 cm³/mol. The van der Waals surface area contributed by atoms with Gasteiger partial charge in [0.2, 0.25) is 5.88 Å². The summed E-state index contributed by atoms with van der Waals surface area (Å²) in [6, 6.07) is 10.2. The number of para-hydroxylation sites is 1. The van der Waals surface area contributed by atoms with E-state index in [2.05, 4.69) is 4.98 Å². The summed E-state index contributed by atoms with van der Waals surface area (Å²) in [6.45, 7) is -0.105. The van der Waals surface area contributed by atoms with Gasteiger partial charge in [0.25, 0.3) is 0 Å². The first-order chi connectivity index (χ1) is 8.19. The van der Waals surface area contributed by atoms with Crippen LogP contribution in [0.5, 0.6) is 11.6 Å². The molecular formula is C12H11ClN2O2. The molecule has 0 bridgehead atoms. The average molecular weight is 251 g/mol. The molecule has 88 valence electrons. The molecule has 0 amide bonds. The van der Waals surface area contributed by atoms with Gasteiger partial charge in [0.1, 0.15) is 10.9 Å². The van der Waals surface area contributed by atoms with Crippen LogP contribution in [0.4, 0.5) is 5.69 Å². The molecule has 0 aliphatic rings. The van der Waals surface area contributed by atoms with Crippen LogP contribution in [0.2, 0.25) is 5.15 Å². The summed E-state index contributed by atoms with van der Waals surface area (Å²) in [4.78, 5) is 3.99. The fourth-order valence-electron chi connectivity index (χ4n) is 1.39. The number of benzene rings is 1. The third kappa shape index (κ3) is 2.87. The van der Waals surface area contributed by atoms with Crippen LogP contribution in [0.25, 0.3) is 0 Å². The maximum Gasteiger partial charge on any atom is 0.222 e. The molecule has 0 saturated heterocycles. The van der Waals surface area contributed by atoms with Crippen molar-refractivity contribution in [2.45, 2.75) is 6.61 Å². The largest absolute Gasteiger partial charge is 0.439 e. The van der Waals surface area contributed by atoms with Crippen LogP contribution in [-0.4, -0.2) is 10.1 Å². The van der Waals surface area contributed by atoms with Gasteiger partial charge in [-0.2, -0.15) is 0 Å². The van der Waals surface area contributed by atoms with Crippen molar-refractivity contribution in [3.63, 3.8) is 0 Å². The van der Waals surface area contributed by atoms with E-state index in [4.69, 9.17) is 27.2 Å². The Morgan fingerprint density at radius 3 is 2.76 bits per heavy atom. The highest BCUT2D eigenvalue weighted by atomic mass is 35.5. The minimum Gasteiger partial charge on any atom is -0.439 e. The first-order valence-electron chi connectivity index (χ1n) is 4.98. The molecule has 5 heteroatoms. The van der Waals surface area contributed by atoms with Gasteiger partial charge in [-0.15, -0.1) is 0 Å². The van der Waals surface area contributed by atoms with Crippen LogP contribution in [0.1, 0.15) is 5.56 Å². The van der Waals surface area contributed by atoms with Crippen LogP contribution in [0, 0.1) is 0 Å². The Hall–Kier alpha value is -1.78. The molecule has 0 fully saturated rings. The van der Waals surface area contributed by atoms with Gasteiger partial charge in [-0.3, -0.25) is 0 Å². The molecule has 1 aromatic carbocycles. The molecule has 2 aromatic rings. The quantitative estimate of drug-likeness (QED) is 0.822. The molecule has 0 saturated carbocycles. The Morgan fingerprint density at radius 2 is 2.06 bits per heavy atom. The van der Waals surface area contributed by atoms with Crippen LogP contribution >= 0.6 is 11.6 Å². The highest BCUT2D eigenvalue weighted by Crippen LogP contribution is 2.26. The number of pyridine rings is 1. The van der Waals surface area contributed by atoms with Crippen molar-refractivity contribution < 1.29 is 9.84 Å². The van der Waals surface area contributed by atoms with Crippen molar-refractivity contribution in [2.24, 2.45) is 0 Å². The summed E-state index contributed by atoms with van der Waals surface area (Å²) >= 11 is 5.77. The normalized spacial score (nSPS) is 10.2. The van der Waals surface area contributed by atoms with Gasteiger partial charge >= 0.3 is 0 Å². The van der Waals surface area contributed by atoms with E-state index in [0.29, 0.717) is 22.9 Å². The van der Waals surface area contributed by atoms with Crippen LogP contribution in [0.3, 0.4) is 0 Å². The van der Waals surface area contributed by atoms with E-state index in [9.17, 15) is 0 Å².